The minimum absolute atomic E-state index is 0.0716. The second kappa shape index (κ2) is 13.0. The molecule has 1 unspecified atom stereocenters. The number of rotatable bonds is 13. The Labute approximate surface area is 237 Å². The number of nitrogens with zero attached hydrogens (tertiary/aromatic N) is 2. The van der Waals surface area contributed by atoms with Gasteiger partial charge in [-0.1, -0.05) is 29.8 Å². The maximum absolute atomic E-state index is 13.7. The van der Waals surface area contributed by atoms with Gasteiger partial charge in [0, 0.05) is 36.8 Å². The molecule has 0 amide bonds. The number of pyridine rings is 1. The van der Waals surface area contributed by atoms with E-state index in [4.69, 9.17) is 14.2 Å². The van der Waals surface area contributed by atoms with Gasteiger partial charge in [0.15, 0.2) is 11.5 Å². The zero-order valence-electron chi connectivity index (χ0n) is 23.7. The first-order chi connectivity index (χ1) is 19.2. The van der Waals surface area contributed by atoms with E-state index in [0.717, 1.165) is 39.9 Å². The van der Waals surface area contributed by atoms with Crippen molar-refractivity contribution in [1.82, 2.24) is 9.29 Å². The van der Waals surface area contributed by atoms with Crippen molar-refractivity contribution in [2.24, 2.45) is 0 Å². The maximum atomic E-state index is 13.7. The Morgan fingerprint density at radius 1 is 0.925 bits per heavy atom. The summed E-state index contributed by atoms with van der Waals surface area (Å²) >= 11 is 0. The number of hydrogen-bond acceptors (Lipinski definition) is 7. The molecule has 3 aromatic carbocycles. The van der Waals surface area contributed by atoms with E-state index in [-0.39, 0.29) is 17.5 Å². The molecule has 0 saturated carbocycles. The predicted octanol–water partition coefficient (Wildman–Crippen LogP) is 6.04. The van der Waals surface area contributed by atoms with Crippen LogP contribution in [0.1, 0.15) is 30.9 Å². The molecule has 1 atom stereocenters. The molecule has 0 radical (unpaired) electrons. The van der Waals surface area contributed by atoms with E-state index in [1.54, 1.807) is 45.7 Å². The number of sulfonamides is 1. The summed E-state index contributed by atoms with van der Waals surface area (Å²) in [6, 6.07) is 20.3. The number of methoxy groups -OCH3 is 3. The molecule has 1 N–H and O–H groups in total. The zero-order valence-corrected chi connectivity index (χ0v) is 24.5. The minimum atomic E-state index is -3.73. The van der Waals surface area contributed by atoms with E-state index in [9.17, 15) is 8.42 Å². The van der Waals surface area contributed by atoms with E-state index in [1.807, 2.05) is 55.5 Å². The van der Waals surface area contributed by atoms with Crippen molar-refractivity contribution < 1.29 is 22.6 Å². The van der Waals surface area contributed by atoms with Crippen LogP contribution in [0.15, 0.2) is 77.8 Å². The normalized spacial score (nSPS) is 12.3. The highest BCUT2D eigenvalue weighted by molar-refractivity contribution is 7.89. The fraction of sp³-hybridized carbons (Fsp3) is 0.323. The Hall–Kier alpha value is -3.82. The molecule has 0 bridgehead atoms. The number of anilines is 1. The highest BCUT2D eigenvalue weighted by Gasteiger charge is 2.25. The van der Waals surface area contributed by atoms with Crippen molar-refractivity contribution in [1.29, 1.82) is 0 Å². The van der Waals surface area contributed by atoms with Crippen LogP contribution in [0, 0.1) is 6.92 Å². The van der Waals surface area contributed by atoms with Gasteiger partial charge in [-0.15, -0.1) is 0 Å². The van der Waals surface area contributed by atoms with Crippen LogP contribution in [-0.4, -0.2) is 51.6 Å². The van der Waals surface area contributed by atoms with E-state index in [0.29, 0.717) is 24.5 Å². The molecule has 0 aliphatic heterocycles. The first-order valence-electron chi connectivity index (χ1n) is 13.2. The number of benzene rings is 3. The molecule has 9 heteroatoms. The Bertz CT molecular complexity index is 1540. The molecule has 40 heavy (non-hydrogen) atoms. The molecule has 1 aromatic heterocycles. The molecule has 0 saturated heterocycles. The van der Waals surface area contributed by atoms with Crippen molar-refractivity contribution in [3.63, 3.8) is 0 Å². The van der Waals surface area contributed by atoms with Crippen LogP contribution >= 0.6 is 0 Å². The van der Waals surface area contributed by atoms with Gasteiger partial charge in [-0.3, -0.25) is 4.98 Å². The van der Waals surface area contributed by atoms with Gasteiger partial charge in [0.2, 0.25) is 10.0 Å². The third-order valence-corrected chi connectivity index (χ3v) is 8.69. The van der Waals surface area contributed by atoms with Gasteiger partial charge in [0.05, 0.1) is 37.4 Å². The molecule has 0 spiro atoms. The van der Waals surface area contributed by atoms with Crippen molar-refractivity contribution in [2.45, 2.75) is 44.2 Å². The van der Waals surface area contributed by atoms with Crippen LogP contribution < -0.4 is 19.5 Å². The molecule has 212 valence electrons. The largest absolute Gasteiger partial charge is 0.497 e. The molecule has 1 heterocycles. The summed E-state index contributed by atoms with van der Waals surface area (Å²) < 4.78 is 45.3. The fourth-order valence-corrected chi connectivity index (χ4v) is 6.10. The number of fused-ring (bicyclic) bond motifs is 1. The van der Waals surface area contributed by atoms with Crippen LogP contribution in [-0.2, 0) is 16.6 Å². The maximum Gasteiger partial charge on any atom is 0.243 e. The second-order valence-corrected chi connectivity index (χ2v) is 11.7. The lowest BCUT2D eigenvalue weighted by molar-refractivity contribution is 0.352. The molecular formula is C31H37N3O5S. The number of hydrogen-bond donors (Lipinski definition) is 1. The Morgan fingerprint density at radius 3 is 2.38 bits per heavy atom. The SMILES string of the molecule is COc1cc(NC(C)CCCN(Cc2ccc(OC)c(OC)c2)S(=O)(=O)c2ccc(C)cc2)c2ncccc2c1. The molecule has 0 fully saturated rings. The van der Waals surface area contributed by atoms with Gasteiger partial charge < -0.3 is 19.5 Å². The lowest BCUT2D eigenvalue weighted by Crippen LogP contribution is -2.32. The highest BCUT2D eigenvalue weighted by Crippen LogP contribution is 2.30. The van der Waals surface area contributed by atoms with Crippen LogP contribution in [0.5, 0.6) is 17.2 Å². The zero-order chi connectivity index (χ0) is 28.7. The molecule has 8 nitrogen and oxygen atoms in total. The Kier molecular flexibility index (Phi) is 9.50. The first kappa shape index (κ1) is 29.2. The van der Waals surface area contributed by atoms with Crippen LogP contribution in [0.25, 0.3) is 10.9 Å². The lowest BCUT2D eigenvalue weighted by Gasteiger charge is -2.24. The van der Waals surface area contributed by atoms with Gasteiger partial charge in [-0.05, 0) is 68.7 Å². The summed E-state index contributed by atoms with van der Waals surface area (Å²) in [4.78, 5) is 4.82. The minimum Gasteiger partial charge on any atom is -0.497 e. The molecule has 4 aromatic rings. The topological polar surface area (TPSA) is 90.0 Å². The van der Waals surface area contributed by atoms with Gasteiger partial charge >= 0.3 is 0 Å². The summed E-state index contributed by atoms with van der Waals surface area (Å²) in [5.41, 5.74) is 3.57. The standard InChI is InChI=1S/C31H37N3O5S/c1-22-10-13-27(14-11-22)40(35,36)34(21-24-12-15-29(38-4)30(18-24)39-5)17-7-8-23(2)33-28-20-26(37-3)19-25-9-6-16-32-31(25)28/h6,9-16,18-20,23,33H,7-8,17,21H2,1-5H3. The van der Waals surface area contributed by atoms with Crippen molar-refractivity contribution in [3.05, 3.63) is 84.1 Å². The molecular weight excluding hydrogens is 526 g/mol. The van der Waals surface area contributed by atoms with Crippen molar-refractivity contribution >= 4 is 26.6 Å². The third-order valence-electron chi connectivity index (χ3n) is 6.83. The number of aryl methyl sites for hydroxylation is 1. The van der Waals surface area contributed by atoms with E-state index in [2.05, 4.69) is 17.2 Å². The monoisotopic (exact) mass is 563 g/mol. The van der Waals surface area contributed by atoms with E-state index in [1.165, 1.54) is 4.31 Å². The van der Waals surface area contributed by atoms with E-state index < -0.39 is 10.0 Å². The quantitative estimate of drug-likeness (QED) is 0.212. The Balaban J connectivity index is 1.52. The van der Waals surface area contributed by atoms with Crippen LogP contribution in [0.4, 0.5) is 5.69 Å². The van der Waals surface area contributed by atoms with Gasteiger partial charge in [0.25, 0.3) is 0 Å². The average Bonchev–Trinajstić information content (AvgIpc) is 2.96. The van der Waals surface area contributed by atoms with Crippen molar-refractivity contribution in [2.75, 3.05) is 33.2 Å². The van der Waals surface area contributed by atoms with Gasteiger partial charge in [0.1, 0.15) is 5.75 Å². The summed E-state index contributed by atoms with van der Waals surface area (Å²) in [5.74, 6) is 1.91. The molecule has 0 aliphatic rings. The molecule has 4 rings (SSSR count). The summed E-state index contributed by atoms with van der Waals surface area (Å²) in [7, 11) is 1.06. The third kappa shape index (κ3) is 6.84. The fourth-order valence-electron chi connectivity index (χ4n) is 4.63. The van der Waals surface area contributed by atoms with Crippen LogP contribution in [0.2, 0.25) is 0 Å². The number of aromatic nitrogens is 1. The summed E-state index contributed by atoms with van der Waals surface area (Å²) in [6.45, 7) is 4.59. The van der Waals surface area contributed by atoms with E-state index >= 15 is 0 Å². The number of ether oxygens (including phenoxy) is 3. The summed E-state index contributed by atoms with van der Waals surface area (Å²) in [6.07, 6.45) is 3.17. The second-order valence-electron chi connectivity index (χ2n) is 9.78. The first-order valence-corrected chi connectivity index (χ1v) is 14.7. The van der Waals surface area contributed by atoms with Gasteiger partial charge in [-0.25, -0.2) is 8.42 Å². The predicted molar refractivity (Wildman–Crippen MR) is 159 cm³/mol. The molecule has 0 aliphatic carbocycles. The summed E-state index contributed by atoms with van der Waals surface area (Å²) in [5, 5.41) is 4.53. The van der Waals surface area contributed by atoms with Crippen molar-refractivity contribution in [3.8, 4) is 17.2 Å². The highest BCUT2D eigenvalue weighted by atomic mass is 32.2. The lowest BCUT2D eigenvalue weighted by atomic mass is 10.1. The van der Waals surface area contributed by atoms with Gasteiger partial charge in [-0.2, -0.15) is 4.31 Å². The van der Waals surface area contributed by atoms with Crippen LogP contribution in [0.3, 0.4) is 0 Å². The smallest absolute Gasteiger partial charge is 0.243 e. The average molecular weight is 564 g/mol. The Morgan fingerprint density at radius 2 is 1.68 bits per heavy atom. The number of nitrogens with one attached hydrogen (secondary N) is 1.